The molecular weight excluding hydrogens is 344 g/mol. The van der Waals surface area contributed by atoms with E-state index in [1.807, 2.05) is 29.6 Å². The van der Waals surface area contributed by atoms with Crippen molar-refractivity contribution < 1.29 is 13.2 Å². The van der Waals surface area contributed by atoms with Crippen LogP contribution in [0.1, 0.15) is 23.3 Å². The van der Waals surface area contributed by atoms with E-state index < -0.39 is 9.84 Å². The van der Waals surface area contributed by atoms with Gasteiger partial charge in [0.05, 0.1) is 11.5 Å². The van der Waals surface area contributed by atoms with Gasteiger partial charge in [-0.15, -0.1) is 11.3 Å². The van der Waals surface area contributed by atoms with E-state index in [9.17, 15) is 13.2 Å². The molecule has 1 unspecified atom stereocenters. The lowest BCUT2D eigenvalue weighted by atomic mass is 10.1. The molecule has 24 heavy (non-hydrogen) atoms. The van der Waals surface area contributed by atoms with E-state index in [1.165, 1.54) is 4.88 Å². The molecule has 0 saturated carbocycles. The van der Waals surface area contributed by atoms with E-state index in [0.717, 1.165) is 5.56 Å². The molecule has 0 N–H and O–H groups in total. The molecule has 0 bridgehead atoms. The number of rotatable bonds is 6. The van der Waals surface area contributed by atoms with Gasteiger partial charge in [-0.1, -0.05) is 12.1 Å². The summed E-state index contributed by atoms with van der Waals surface area (Å²) >= 11 is 1.64. The number of sulfone groups is 1. The van der Waals surface area contributed by atoms with Crippen molar-refractivity contribution in [1.82, 2.24) is 9.88 Å². The van der Waals surface area contributed by atoms with Crippen LogP contribution in [0.2, 0.25) is 0 Å². The number of nitrogens with zero attached hydrogens (tertiary/aromatic N) is 2. The molecule has 1 amide bonds. The summed E-state index contributed by atoms with van der Waals surface area (Å²) in [5.74, 6) is 0.242. The van der Waals surface area contributed by atoms with Crippen LogP contribution in [-0.2, 0) is 27.6 Å². The molecule has 2 aromatic rings. The summed E-state index contributed by atoms with van der Waals surface area (Å²) in [4.78, 5) is 19.7. The Morgan fingerprint density at radius 3 is 2.83 bits per heavy atom. The van der Waals surface area contributed by atoms with Gasteiger partial charge in [0, 0.05) is 36.3 Å². The number of pyridine rings is 1. The van der Waals surface area contributed by atoms with Crippen LogP contribution in [0.4, 0.5) is 0 Å². The summed E-state index contributed by atoms with van der Waals surface area (Å²) in [6, 6.07) is 7.50. The lowest BCUT2D eigenvalue weighted by Gasteiger charge is -2.28. The summed E-state index contributed by atoms with van der Waals surface area (Å²) in [6.45, 7) is 0.414. The zero-order valence-corrected chi connectivity index (χ0v) is 14.9. The van der Waals surface area contributed by atoms with Crippen LogP contribution in [-0.4, -0.2) is 41.8 Å². The molecule has 0 radical (unpaired) electrons. The van der Waals surface area contributed by atoms with E-state index in [4.69, 9.17) is 0 Å². The summed E-state index contributed by atoms with van der Waals surface area (Å²) in [6.07, 6.45) is 5.03. The predicted molar refractivity (Wildman–Crippen MR) is 94.5 cm³/mol. The van der Waals surface area contributed by atoms with Crippen LogP contribution in [0.25, 0.3) is 0 Å². The highest BCUT2D eigenvalue weighted by molar-refractivity contribution is 7.91. The Hall–Kier alpha value is -1.73. The Balaban J connectivity index is 1.72. The van der Waals surface area contributed by atoms with Gasteiger partial charge in [-0.2, -0.15) is 0 Å². The Kier molecular flexibility index (Phi) is 5.30. The van der Waals surface area contributed by atoms with Crippen LogP contribution >= 0.6 is 11.3 Å². The smallest absolute Gasteiger partial charge is 0.223 e. The van der Waals surface area contributed by atoms with E-state index in [0.29, 0.717) is 25.8 Å². The van der Waals surface area contributed by atoms with Gasteiger partial charge in [-0.05, 0) is 35.9 Å². The number of thiophene rings is 1. The first-order valence-corrected chi connectivity index (χ1v) is 10.6. The topological polar surface area (TPSA) is 67.3 Å². The van der Waals surface area contributed by atoms with Gasteiger partial charge in [0.1, 0.15) is 0 Å². The number of carbonyl (C=O) groups is 1. The van der Waals surface area contributed by atoms with Crippen molar-refractivity contribution in [3.63, 3.8) is 0 Å². The van der Waals surface area contributed by atoms with Crippen molar-refractivity contribution in [3.8, 4) is 0 Å². The van der Waals surface area contributed by atoms with E-state index >= 15 is 0 Å². The minimum Gasteiger partial charge on any atom is -0.334 e. The quantitative estimate of drug-likeness (QED) is 0.789. The molecule has 3 heterocycles. The van der Waals surface area contributed by atoms with Crippen molar-refractivity contribution >= 4 is 27.1 Å². The van der Waals surface area contributed by atoms with Crippen molar-refractivity contribution in [1.29, 1.82) is 0 Å². The van der Waals surface area contributed by atoms with E-state index in [2.05, 4.69) is 4.98 Å². The molecule has 1 atom stereocenters. The lowest BCUT2D eigenvalue weighted by Crippen LogP contribution is -2.40. The number of hydrogen-bond donors (Lipinski definition) is 0. The van der Waals surface area contributed by atoms with Crippen LogP contribution < -0.4 is 0 Å². The number of aromatic nitrogens is 1. The molecule has 1 aliphatic heterocycles. The molecule has 5 nitrogen and oxygen atoms in total. The zero-order valence-electron chi connectivity index (χ0n) is 13.3. The first-order chi connectivity index (χ1) is 11.5. The van der Waals surface area contributed by atoms with Crippen LogP contribution in [0.3, 0.4) is 0 Å². The monoisotopic (exact) mass is 364 g/mol. The van der Waals surface area contributed by atoms with E-state index in [1.54, 1.807) is 28.6 Å². The minimum atomic E-state index is -3.03. The van der Waals surface area contributed by atoms with Gasteiger partial charge in [-0.25, -0.2) is 8.42 Å². The molecule has 2 aromatic heterocycles. The van der Waals surface area contributed by atoms with E-state index in [-0.39, 0.29) is 23.5 Å². The van der Waals surface area contributed by atoms with Crippen LogP contribution in [0.5, 0.6) is 0 Å². The third-order valence-corrected chi connectivity index (χ3v) is 6.90. The zero-order chi connectivity index (χ0) is 17.0. The second-order valence-corrected chi connectivity index (χ2v) is 9.28. The normalized spacial score (nSPS) is 19.2. The molecule has 1 aliphatic rings. The Labute approximate surface area is 146 Å². The second-order valence-electron chi connectivity index (χ2n) is 6.02. The fourth-order valence-electron chi connectivity index (χ4n) is 2.96. The van der Waals surface area contributed by atoms with Crippen molar-refractivity contribution in [3.05, 3.63) is 52.5 Å². The summed E-state index contributed by atoms with van der Waals surface area (Å²) in [5.41, 5.74) is 0.922. The van der Waals surface area contributed by atoms with Crippen LogP contribution in [0.15, 0.2) is 42.0 Å². The van der Waals surface area contributed by atoms with Crippen molar-refractivity contribution in [2.45, 2.75) is 31.8 Å². The molecule has 1 saturated heterocycles. The molecule has 0 aromatic carbocycles. The molecule has 0 spiro atoms. The third kappa shape index (κ3) is 4.42. The van der Waals surface area contributed by atoms with Gasteiger partial charge in [0.15, 0.2) is 9.84 Å². The largest absolute Gasteiger partial charge is 0.334 e. The molecule has 7 heteroatoms. The Morgan fingerprint density at radius 2 is 2.21 bits per heavy atom. The third-order valence-electron chi connectivity index (χ3n) is 4.21. The average molecular weight is 364 g/mol. The van der Waals surface area contributed by atoms with Gasteiger partial charge in [0.25, 0.3) is 0 Å². The Morgan fingerprint density at radius 1 is 1.33 bits per heavy atom. The van der Waals surface area contributed by atoms with Gasteiger partial charge >= 0.3 is 0 Å². The van der Waals surface area contributed by atoms with Crippen LogP contribution in [0, 0.1) is 0 Å². The first-order valence-electron chi connectivity index (χ1n) is 7.95. The highest BCUT2D eigenvalue weighted by atomic mass is 32.2. The molecule has 1 fully saturated rings. The average Bonchev–Trinajstić information content (AvgIpc) is 3.20. The number of carbonyl (C=O) groups excluding carboxylic acids is 1. The maximum Gasteiger partial charge on any atom is 0.223 e. The molecule has 0 aliphatic carbocycles. The SMILES string of the molecule is O=C(CCc1cccs1)N(Cc1cccnc1)C1CCS(=O)(=O)C1. The van der Waals surface area contributed by atoms with Gasteiger partial charge < -0.3 is 4.90 Å². The lowest BCUT2D eigenvalue weighted by molar-refractivity contribution is -0.133. The minimum absolute atomic E-state index is 0.00866. The maximum absolute atomic E-state index is 12.8. The maximum atomic E-state index is 12.8. The number of amides is 1. The summed E-state index contributed by atoms with van der Waals surface area (Å²) in [5, 5.41) is 2.00. The highest BCUT2D eigenvalue weighted by Crippen LogP contribution is 2.22. The number of hydrogen-bond acceptors (Lipinski definition) is 5. The van der Waals surface area contributed by atoms with Crippen molar-refractivity contribution in [2.24, 2.45) is 0 Å². The molecule has 128 valence electrons. The second kappa shape index (κ2) is 7.44. The summed E-state index contributed by atoms with van der Waals surface area (Å²) < 4.78 is 23.6. The fraction of sp³-hybridized carbons (Fsp3) is 0.412. The van der Waals surface area contributed by atoms with Crippen molar-refractivity contribution in [2.75, 3.05) is 11.5 Å². The Bertz CT molecular complexity index is 773. The fourth-order valence-corrected chi connectivity index (χ4v) is 5.40. The number of aryl methyl sites for hydroxylation is 1. The molecular formula is C17H20N2O3S2. The standard InChI is InChI=1S/C17H20N2O3S2/c20-17(6-5-16-4-2-9-23-16)19(12-14-3-1-8-18-11-14)15-7-10-24(21,22)13-15/h1-4,8-9,11,15H,5-7,10,12-13H2. The predicted octanol–water partition coefficient (Wildman–Crippen LogP) is 2.29. The highest BCUT2D eigenvalue weighted by Gasteiger charge is 2.34. The van der Waals surface area contributed by atoms with Gasteiger partial charge in [-0.3, -0.25) is 9.78 Å². The molecule has 3 rings (SSSR count). The van der Waals surface area contributed by atoms with Gasteiger partial charge in [0.2, 0.25) is 5.91 Å². The summed E-state index contributed by atoms with van der Waals surface area (Å²) in [7, 11) is -3.03. The first kappa shape index (κ1) is 17.1.